The van der Waals surface area contributed by atoms with Crippen LogP contribution >= 0.6 is 0 Å². The van der Waals surface area contributed by atoms with Crippen LogP contribution in [0.3, 0.4) is 0 Å². The van der Waals surface area contributed by atoms with Crippen LogP contribution < -0.4 is 4.74 Å². The summed E-state index contributed by atoms with van der Waals surface area (Å²) in [6, 6.07) is 4.05. The number of aromatic hydroxyl groups is 1. The number of rotatable bonds is 8. The number of phenolic OH excluding ortho intramolecular Hbond substituents is 1. The average molecular weight is 621 g/mol. The lowest BCUT2D eigenvalue weighted by molar-refractivity contribution is -0.344. The molecule has 4 aliphatic rings. The van der Waals surface area contributed by atoms with Gasteiger partial charge in [0.1, 0.15) is 37.1 Å². The number of aliphatic hydroxyl groups excluding tert-OH is 4. The van der Waals surface area contributed by atoms with E-state index in [1.165, 1.54) is 44.6 Å². The number of aliphatic hydroxyl groups is 4. The van der Waals surface area contributed by atoms with Gasteiger partial charge in [-0.05, 0) is 29.8 Å². The van der Waals surface area contributed by atoms with Crippen LogP contribution in [0.2, 0.25) is 0 Å². The molecule has 1 aliphatic carbocycles. The summed E-state index contributed by atoms with van der Waals surface area (Å²) in [5, 5.41) is 52.5. The maximum absolute atomic E-state index is 13.2. The van der Waals surface area contributed by atoms with Crippen LogP contribution in [-0.2, 0) is 42.8 Å². The number of benzene rings is 1. The fourth-order valence-corrected chi connectivity index (χ4v) is 5.70. The molecule has 0 radical (unpaired) electrons. The number of phenols is 1. The first-order valence-electron chi connectivity index (χ1n) is 13.5. The fourth-order valence-electron chi connectivity index (χ4n) is 5.70. The third-order valence-corrected chi connectivity index (χ3v) is 7.96. The van der Waals surface area contributed by atoms with Gasteiger partial charge in [-0.3, -0.25) is 4.79 Å². The van der Waals surface area contributed by atoms with E-state index in [4.69, 9.17) is 33.2 Å². The standard InChI is InChI=1S/C29H32O15/c1-12(30)40-11-19-22(33)23(34)24(35)28(42-19)43-27-20-14(16(10-41-27)25(36)39-3)6-7-29(20)9-15(26(37)44-29)21(32)13-4-5-17(31)18(8-13)38-2/h4-10,14,19-24,27-28,31-35H,11H2,1-3H3. The lowest BCUT2D eigenvalue weighted by atomic mass is 9.78. The van der Waals surface area contributed by atoms with Crippen molar-refractivity contribution in [1.82, 2.24) is 0 Å². The van der Waals surface area contributed by atoms with Gasteiger partial charge in [-0.25, -0.2) is 9.59 Å². The molecule has 0 amide bonds. The quantitative estimate of drug-likeness (QED) is 0.137. The van der Waals surface area contributed by atoms with Crippen molar-refractivity contribution >= 4 is 17.9 Å². The zero-order chi connectivity index (χ0) is 31.9. The maximum atomic E-state index is 13.2. The Morgan fingerprint density at radius 1 is 1.09 bits per heavy atom. The molecule has 15 nitrogen and oxygen atoms in total. The maximum Gasteiger partial charge on any atom is 0.338 e. The van der Waals surface area contributed by atoms with Crippen LogP contribution in [0.1, 0.15) is 18.6 Å². The smallest absolute Gasteiger partial charge is 0.338 e. The molecule has 15 heteroatoms. The van der Waals surface area contributed by atoms with Crippen LogP contribution in [0.25, 0.3) is 0 Å². The third-order valence-electron chi connectivity index (χ3n) is 7.96. The van der Waals surface area contributed by atoms with E-state index in [0.29, 0.717) is 0 Å². The first-order chi connectivity index (χ1) is 20.9. The Morgan fingerprint density at radius 3 is 2.52 bits per heavy atom. The molecule has 5 rings (SSSR count). The summed E-state index contributed by atoms with van der Waals surface area (Å²) in [4.78, 5) is 37.1. The lowest BCUT2D eigenvalue weighted by Gasteiger charge is -2.44. The molecule has 0 bridgehead atoms. The van der Waals surface area contributed by atoms with E-state index in [1.54, 1.807) is 6.08 Å². The minimum atomic E-state index is -1.79. The Morgan fingerprint density at radius 2 is 1.84 bits per heavy atom. The molecule has 0 saturated carbocycles. The molecule has 5 N–H and O–H groups in total. The van der Waals surface area contributed by atoms with E-state index in [0.717, 1.165) is 13.2 Å². The zero-order valence-electron chi connectivity index (χ0n) is 23.8. The Labute approximate surface area is 250 Å². The van der Waals surface area contributed by atoms with Gasteiger partial charge in [0, 0.05) is 12.8 Å². The molecule has 1 aromatic rings. The van der Waals surface area contributed by atoms with Crippen LogP contribution in [0.4, 0.5) is 0 Å². The zero-order valence-corrected chi connectivity index (χ0v) is 23.8. The number of esters is 3. The minimum Gasteiger partial charge on any atom is -0.504 e. The van der Waals surface area contributed by atoms with E-state index >= 15 is 0 Å². The second kappa shape index (κ2) is 12.2. The molecule has 3 aliphatic heterocycles. The first kappa shape index (κ1) is 31.4. The van der Waals surface area contributed by atoms with Crippen LogP contribution in [0, 0.1) is 11.8 Å². The number of hydrogen-bond acceptors (Lipinski definition) is 15. The van der Waals surface area contributed by atoms with E-state index in [-0.39, 0.29) is 28.2 Å². The molecule has 1 fully saturated rings. The molecule has 0 aromatic heterocycles. The summed E-state index contributed by atoms with van der Waals surface area (Å²) in [7, 11) is 2.50. The first-order valence-corrected chi connectivity index (χ1v) is 13.5. The monoisotopic (exact) mass is 620 g/mol. The second-order valence-corrected chi connectivity index (χ2v) is 10.6. The molecule has 238 valence electrons. The van der Waals surface area contributed by atoms with Crippen molar-refractivity contribution < 1.29 is 73.1 Å². The summed E-state index contributed by atoms with van der Waals surface area (Å²) in [5.74, 6) is -4.27. The van der Waals surface area contributed by atoms with Gasteiger partial charge in [0.15, 0.2) is 23.4 Å². The number of fused-ring (bicyclic) bond motifs is 2. The second-order valence-electron chi connectivity index (χ2n) is 10.6. The van der Waals surface area contributed by atoms with Crippen molar-refractivity contribution in [3.63, 3.8) is 0 Å². The highest BCUT2D eigenvalue weighted by molar-refractivity contribution is 5.94. The van der Waals surface area contributed by atoms with Gasteiger partial charge in [-0.2, -0.15) is 0 Å². The number of carbonyl (C=O) groups is 3. The average Bonchev–Trinajstić information content (AvgIpc) is 3.55. The number of hydrogen-bond donors (Lipinski definition) is 5. The van der Waals surface area contributed by atoms with Crippen LogP contribution in [0.5, 0.6) is 11.5 Å². The molecular formula is C29H32O15. The van der Waals surface area contributed by atoms with Crippen molar-refractivity contribution in [3.8, 4) is 11.5 Å². The molecular weight excluding hydrogens is 588 g/mol. The molecule has 1 saturated heterocycles. The minimum absolute atomic E-state index is 0.0560. The highest BCUT2D eigenvalue weighted by atomic mass is 16.8. The highest BCUT2D eigenvalue weighted by Crippen LogP contribution is 2.52. The predicted octanol–water partition coefficient (Wildman–Crippen LogP) is -0.741. The van der Waals surface area contributed by atoms with E-state index in [2.05, 4.69) is 0 Å². The SMILES string of the molecule is COC(=O)C1=COC(OC2OC(COC(C)=O)C(O)C(O)C2O)C2C1C=CC21C=C(C(O)c2ccc(O)c(OC)c2)C(=O)O1. The molecule has 1 spiro atoms. The van der Waals surface area contributed by atoms with Gasteiger partial charge in [0.25, 0.3) is 0 Å². The molecule has 10 atom stereocenters. The van der Waals surface area contributed by atoms with Gasteiger partial charge in [0.05, 0.1) is 37.5 Å². The Bertz CT molecular complexity index is 1400. The van der Waals surface area contributed by atoms with Crippen molar-refractivity contribution in [2.75, 3.05) is 20.8 Å². The largest absolute Gasteiger partial charge is 0.504 e. The summed E-state index contributed by atoms with van der Waals surface area (Å²) in [6.07, 6.45) is -5.49. The molecule has 10 unspecified atom stereocenters. The van der Waals surface area contributed by atoms with Gasteiger partial charge in [-0.15, -0.1) is 0 Å². The van der Waals surface area contributed by atoms with Crippen molar-refractivity contribution in [3.05, 3.63) is 59.4 Å². The van der Waals surface area contributed by atoms with Crippen LogP contribution in [0.15, 0.2) is 53.8 Å². The van der Waals surface area contributed by atoms with Gasteiger partial charge < -0.3 is 58.7 Å². The number of allylic oxidation sites excluding steroid dienone is 1. The highest BCUT2D eigenvalue weighted by Gasteiger charge is 2.60. The van der Waals surface area contributed by atoms with Gasteiger partial charge in [0.2, 0.25) is 6.29 Å². The summed E-state index contributed by atoms with van der Waals surface area (Å²) < 4.78 is 38.0. The van der Waals surface area contributed by atoms with Crippen molar-refractivity contribution in [1.29, 1.82) is 0 Å². The number of carbonyl (C=O) groups excluding carboxylic acids is 3. The van der Waals surface area contributed by atoms with Gasteiger partial charge in [-0.1, -0.05) is 12.1 Å². The number of methoxy groups -OCH3 is 2. The van der Waals surface area contributed by atoms with E-state index < -0.39 is 85.1 Å². The van der Waals surface area contributed by atoms with Crippen molar-refractivity contribution in [2.24, 2.45) is 11.8 Å². The topological polar surface area (TPSA) is 217 Å². The van der Waals surface area contributed by atoms with Crippen molar-refractivity contribution in [2.45, 2.75) is 55.6 Å². The third kappa shape index (κ3) is 5.53. The van der Waals surface area contributed by atoms with Gasteiger partial charge >= 0.3 is 17.9 Å². The fraction of sp³-hybridized carbons (Fsp3) is 0.483. The Hall–Kier alpha value is -3.99. The normalized spacial score (nSPS) is 34.8. The lowest BCUT2D eigenvalue weighted by Crippen LogP contribution is -2.61. The Kier molecular flexibility index (Phi) is 8.71. The Balaban J connectivity index is 1.47. The summed E-state index contributed by atoms with van der Waals surface area (Å²) in [6.45, 7) is 0.682. The van der Waals surface area contributed by atoms with Crippen LogP contribution in [-0.4, -0.2) is 107 Å². The van der Waals surface area contributed by atoms with E-state index in [1.807, 2.05) is 0 Å². The predicted molar refractivity (Wildman–Crippen MR) is 142 cm³/mol. The molecule has 1 aromatic carbocycles. The molecule has 3 heterocycles. The summed E-state index contributed by atoms with van der Waals surface area (Å²) >= 11 is 0. The van der Waals surface area contributed by atoms with E-state index in [9.17, 15) is 39.9 Å². The number of ether oxygens (including phenoxy) is 7. The summed E-state index contributed by atoms with van der Waals surface area (Å²) in [5.41, 5.74) is -1.52. The molecule has 44 heavy (non-hydrogen) atoms.